The average Bonchev–Trinajstić information content (AvgIpc) is 2.28. The average molecular weight is 270 g/mol. The Hall–Kier alpha value is -1.40. The molecule has 0 saturated carbocycles. The number of carbonyl (C=O) groups is 1. The summed E-state index contributed by atoms with van der Waals surface area (Å²) in [7, 11) is 0.253. The highest BCUT2D eigenvalue weighted by atomic mass is 32.2. The molecular formula is C12H18N2O3S. The van der Waals surface area contributed by atoms with Crippen molar-refractivity contribution in [1.29, 1.82) is 0 Å². The van der Waals surface area contributed by atoms with Crippen molar-refractivity contribution in [3.8, 4) is 0 Å². The van der Waals surface area contributed by atoms with Gasteiger partial charge in [-0.3, -0.25) is 4.79 Å². The van der Waals surface area contributed by atoms with E-state index in [4.69, 9.17) is 0 Å². The summed E-state index contributed by atoms with van der Waals surface area (Å²) in [5, 5.41) is 3.00. The van der Waals surface area contributed by atoms with Crippen LogP contribution in [0.5, 0.6) is 0 Å². The van der Waals surface area contributed by atoms with Crippen molar-refractivity contribution in [2.24, 2.45) is 0 Å². The summed E-state index contributed by atoms with van der Waals surface area (Å²) >= 11 is 0. The third kappa shape index (κ3) is 4.46. The van der Waals surface area contributed by atoms with Crippen LogP contribution in [0.15, 0.2) is 29.2 Å². The van der Waals surface area contributed by atoms with Gasteiger partial charge in [0.2, 0.25) is 5.91 Å². The summed E-state index contributed by atoms with van der Waals surface area (Å²) in [5.74, 6) is 0.00255. The van der Waals surface area contributed by atoms with Crippen LogP contribution in [0.3, 0.4) is 0 Å². The molecule has 6 heteroatoms. The standard InChI is InChI=1S/C12H18N2O3S/c1-14(2)12(15)9-13-8-10-4-6-11(7-5-10)18(3,16)17/h4-7,13H,8-9H2,1-3H3. The lowest BCUT2D eigenvalue weighted by atomic mass is 10.2. The van der Waals surface area contributed by atoms with E-state index in [-0.39, 0.29) is 12.5 Å². The number of likely N-dealkylation sites (N-methyl/N-ethyl adjacent to an activating group) is 1. The molecule has 1 rings (SSSR count). The van der Waals surface area contributed by atoms with Gasteiger partial charge in [-0.15, -0.1) is 0 Å². The fourth-order valence-electron chi connectivity index (χ4n) is 1.33. The lowest BCUT2D eigenvalue weighted by molar-refractivity contribution is -0.127. The molecule has 0 bridgehead atoms. The van der Waals surface area contributed by atoms with Gasteiger partial charge in [0.1, 0.15) is 0 Å². The molecule has 100 valence electrons. The number of nitrogens with zero attached hydrogens (tertiary/aromatic N) is 1. The maximum atomic E-state index is 11.3. The first kappa shape index (κ1) is 14.7. The summed E-state index contributed by atoms with van der Waals surface area (Å²) in [6, 6.07) is 6.62. The molecule has 0 atom stereocenters. The van der Waals surface area contributed by atoms with E-state index in [9.17, 15) is 13.2 Å². The van der Waals surface area contributed by atoms with Crippen molar-refractivity contribution in [1.82, 2.24) is 10.2 Å². The zero-order valence-corrected chi connectivity index (χ0v) is 11.6. The first-order valence-corrected chi connectivity index (χ1v) is 7.39. The molecule has 0 spiro atoms. The van der Waals surface area contributed by atoms with E-state index >= 15 is 0 Å². The van der Waals surface area contributed by atoms with Crippen LogP contribution < -0.4 is 5.32 Å². The van der Waals surface area contributed by atoms with Gasteiger partial charge in [-0.1, -0.05) is 12.1 Å². The van der Waals surface area contributed by atoms with Gasteiger partial charge < -0.3 is 10.2 Å². The van der Waals surface area contributed by atoms with Gasteiger partial charge >= 0.3 is 0 Å². The normalized spacial score (nSPS) is 11.3. The minimum Gasteiger partial charge on any atom is -0.348 e. The molecule has 0 unspecified atom stereocenters. The fraction of sp³-hybridized carbons (Fsp3) is 0.417. The maximum Gasteiger partial charge on any atom is 0.236 e. The number of amides is 1. The van der Waals surface area contributed by atoms with Crippen LogP contribution in [0.4, 0.5) is 0 Å². The Morgan fingerprint density at radius 3 is 2.22 bits per heavy atom. The molecule has 18 heavy (non-hydrogen) atoms. The number of hydrogen-bond acceptors (Lipinski definition) is 4. The number of nitrogens with one attached hydrogen (secondary N) is 1. The zero-order valence-electron chi connectivity index (χ0n) is 10.8. The van der Waals surface area contributed by atoms with Gasteiger partial charge in [-0.05, 0) is 17.7 Å². The minimum absolute atomic E-state index is 0.00255. The molecule has 0 aromatic heterocycles. The van der Waals surface area contributed by atoms with E-state index in [2.05, 4.69) is 5.32 Å². The van der Waals surface area contributed by atoms with Crippen LogP contribution in [-0.2, 0) is 21.2 Å². The minimum atomic E-state index is -3.15. The van der Waals surface area contributed by atoms with Gasteiger partial charge in [0.05, 0.1) is 11.4 Å². The summed E-state index contributed by atoms with van der Waals surface area (Å²) in [6.45, 7) is 0.796. The van der Waals surface area contributed by atoms with Gasteiger partial charge in [-0.2, -0.15) is 0 Å². The molecule has 0 heterocycles. The maximum absolute atomic E-state index is 11.3. The number of hydrogen-bond donors (Lipinski definition) is 1. The van der Waals surface area contributed by atoms with E-state index in [1.807, 2.05) is 0 Å². The predicted octanol–water partition coefficient (Wildman–Crippen LogP) is 0.268. The number of carbonyl (C=O) groups excluding carboxylic acids is 1. The Kier molecular flexibility index (Phi) is 4.86. The summed E-state index contributed by atoms with van der Waals surface area (Å²) in [5.41, 5.74) is 0.939. The molecule has 1 aromatic carbocycles. The van der Waals surface area contributed by atoms with Crippen LogP contribution in [0.2, 0.25) is 0 Å². The van der Waals surface area contributed by atoms with Crippen LogP contribution in [0.25, 0.3) is 0 Å². The molecule has 0 aliphatic carbocycles. The third-order valence-corrected chi connectivity index (χ3v) is 3.58. The molecular weight excluding hydrogens is 252 g/mol. The second-order valence-corrected chi connectivity index (χ2v) is 6.32. The third-order valence-electron chi connectivity index (χ3n) is 2.46. The largest absolute Gasteiger partial charge is 0.348 e. The van der Waals surface area contributed by atoms with E-state index < -0.39 is 9.84 Å². The SMILES string of the molecule is CN(C)C(=O)CNCc1ccc(S(C)(=O)=O)cc1. The molecule has 0 fully saturated rings. The van der Waals surface area contributed by atoms with Crippen molar-refractivity contribution in [2.45, 2.75) is 11.4 Å². The Balaban J connectivity index is 2.53. The lowest BCUT2D eigenvalue weighted by Gasteiger charge is -2.11. The highest BCUT2D eigenvalue weighted by Crippen LogP contribution is 2.09. The van der Waals surface area contributed by atoms with Crippen molar-refractivity contribution in [2.75, 3.05) is 26.9 Å². The topological polar surface area (TPSA) is 66.5 Å². The molecule has 0 saturated heterocycles. The van der Waals surface area contributed by atoms with Gasteiger partial charge in [0.15, 0.2) is 9.84 Å². The summed E-state index contributed by atoms with van der Waals surface area (Å²) < 4.78 is 22.5. The molecule has 0 aliphatic heterocycles. The number of rotatable bonds is 5. The molecule has 1 amide bonds. The van der Waals surface area contributed by atoms with Gasteiger partial charge in [-0.25, -0.2) is 8.42 Å². The summed E-state index contributed by atoms with van der Waals surface area (Å²) in [6.07, 6.45) is 1.18. The molecule has 1 N–H and O–H groups in total. The van der Waals surface area contributed by atoms with Crippen LogP contribution in [0, 0.1) is 0 Å². The van der Waals surface area contributed by atoms with Crippen molar-refractivity contribution in [3.05, 3.63) is 29.8 Å². The number of benzene rings is 1. The predicted molar refractivity (Wildman–Crippen MR) is 70.0 cm³/mol. The Bertz CT molecular complexity index is 507. The molecule has 0 radical (unpaired) electrons. The molecule has 5 nitrogen and oxygen atoms in total. The quantitative estimate of drug-likeness (QED) is 0.834. The van der Waals surface area contributed by atoms with Gasteiger partial charge in [0, 0.05) is 26.9 Å². The van der Waals surface area contributed by atoms with Crippen LogP contribution in [0.1, 0.15) is 5.56 Å². The van der Waals surface area contributed by atoms with E-state index in [1.165, 1.54) is 11.2 Å². The first-order valence-electron chi connectivity index (χ1n) is 5.50. The van der Waals surface area contributed by atoms with E-state index in [0.717, 1.165) is 5.56 Å². The van der Waals surface area contributed by atoms with Crippen molar-refractivity contribution in [3.63, 3.8) is 0 Å². The van der Waals surface area contributed by atoms with E-state index in [0.29, 0.717) is 11.4 Å². The first-order chi connectivity index (χ1) is 8.30. The summed E-state index contributed by atoms with van der Waals surface area (Å²) in [4.78, 5) is 13.1. The Morgan fingerprint density at radius 1 is 1.22 bits per heavy atom. The monoisotopic (exact) mass is 270 g/mol. The van der Waals surface area contributed by atoms with Gasteiger partial charge in [0.25, 0.3) is 0 Å². The highest BCUT2D eigenvalue weighted by Gasteiger charge is 2.06. The van der Waals surface area contributed by atoms with Crippen LogP contribution >= 0.6 is 0 Å². The molecule has 1 aromatic rings. The van der Waals surface area contributed by atoms with Crippen molar-refractivity contribution < 1.29 is 13.2 Å². The Morgan fingerprint density at radius 2 is 1.78 bits per heavy atom. The smallest absolute Gasteiger partial charge is 0.236 e. The molecule has 0 aliphatic rings. The van der Waals surface area contributed by atoms with E-state index in [1.54, 1.807) is 38.4 Å². The highest BCUT2D eigenvalue weighted by molar-refractivity contribution is 7.90. The zero-order chi connectivity index (χ0) is 13.8. The van der Waals surface area contributed by atoms with Crippen molar-refractivity contribution >= 4 is 15.7 Å². The lowest BCUT2D eigenvalue weighted by Crippen LogP contribution is -2.32. The number of sulfone groups is 1. The Labute approximate surface area is 108 Å². The fourth-order valence-corrected chi connectivity index (χ4v) is 1.96. The second kappa shape index (κ2) is 5.97. The second-order valence-electron chi connectivity index (χ2n) is 4.31. The van der Waals surface area contributed by atoms with Crippen LogP contribution in [-0.4, -0.2) is 46.1 Å².